The number of carbonyl (C=O) groups is 2. The van der Waals surface area contributed by atoms with Crippen LogP contribution in [0.15, 0.2) is 79.0 Å². The molecule has 0 saturated carbocycles. The lowest BCUT2D eigenvalue weighted by Gasteiger charge is -2.32. The highest BCUT2D eigenvalue weighted by Crippen LogP contribution is 2.28. The van der Waals surface area contributed by atoms with E-state index in [-0.39, 0.29) is 23.7 Å². The number of nitrogens with zero attached hydrogens (tertiary/aromatic N) is 2. The van der Waals surface area contributed by atoms with Gasteiger partial charge in [-0.1, -0.05) is 60.7 Å². The minimum Gasteiger partial charge on any atom is -0.369 e. The van der Waals surface area contributed by atoms with Gasteiger partial charge in [-0.05, 0) is 36.1 Å². The number of rotatable bonds is 7. The molecule has 1 saturated heterocycles. The predicted molar refractivity (Wildman–Crippen MR) is 126 cm³/mol. The molecule has 0 aliphatic carbocycles. The highest BCUT2D eigenvalue weighted by molar-refractivity contribution is 5.91. The fourth-order valence-corrected chi connectivity index (χ4v) is 4.26. The van der Waals surface area contributed by atoms with Gasteiger partial charge in [0.2, 0.25) is 11.8 Å². The van der Waals surface area contributed by atoms with Crippen LogP contribution < -0.4 is 16.0 Å². The molecular weight excluding hydrogens is 400 g/mol. The van der Waals surface area contributed by atoms with Crippen LogP contribution in [0.2, 0.25) is 0 Å². The molecule has 3 aromatic rings. The first kappa shape index (κ1) is 21.6. The Kier molecular flexibility index (Phi) is 6.80. The average molecular weight is 429 g/mol. The van der Waals surface area contributed by atoms with Crippen molar-refractivity contribution in [1.29, 1.82) is 0 Å². The molecule has 1 aliphatic heterocycles. The van der Waals surface area contributed by atoms with Crippen molar-refractivity contribution in [2.75, 3.05) is 23.3 Å². The van der Waals surface area contributed by atoms with Gasteiger partial charge in [-0.15, -0.1) is 0 Å². The van der Waals surface area contributed by atoms with Gasteiger partial charge < -0.3 is 16.0 Å². The average Bonchev–Trinajstić information content (AvgIpc) is 2.84. The van der Waals surface area contributed by atoms with Crippen molar-refractivity contribution in [2.45, 2.75) is 25.2 Å². The maximum absolute atomic E-state index is 12.9. The number of anilines is 2. The lowest BCUT2D eigenvalue weighted by atomic mass is 9.88. The van der Waals surface area contributed by atoms with Crippen molar-refractivity contribution >= 4 is 23.3 Å². The minimum absolute atomic E-state index is 0.0243. The first-order chi connectivity index (χ1) is 15.6. The third-order valence-electron chi connectivity index (χ3n) is 5.97. The molecule has 2 heterocycles. The summed E-state index contributed by atoms with van der Waals surface area (Å²) in [5, 5.41) is 2.97. The van der Waals surface area contributed by atoms with Gasteiger partial charge in [-0.2, -0.15) is 0 Å². The molecule has 4 rings (SSSR count). The normalized spacial score (nSPS) is 16.0. The van der Waals surface area contributed by atoms with Gasteiger partial charge in [0.1, 0.15) is 5.82 Å². The molecule has 0 bridgehead atoms. The fraction of sp³-hybridized carbons (Fsp3) is 0.269. The quantitative estimate of drug-likeness (QED) is 0.597. The number of pyridine rings is 1. The summed E-state index contributed by atoms with van der Waals surface area (Å²) in [4.78, 5) is 31.0. The van der Waals surface area contributed by atoms with Crippen LogP contribution in [0, 0.1) is 5.92 Å². The van der Waals surface area contributed by atoms with E-state index in [1.807, 2.05) is 48.5 Å². The Bertz CT molecular complexity index is 999. The van der Waals surface area contributed by atoms with E-state index in [1.165, 1.54) is 0 Å². The van der Waals surface area contributed by atoms with Crippen molar-refractivity contribution in [2.24, 2.45) is 11.7 Å². The molecule has 1 atom stereocenters. The highest BCUT2D eigenvalue weighted by atomic mass is 16.2. The Balaban J connectivity index is 1.42. The Morgan fingerprint density at radius 3 is 2.22 bits per heavy atom. The molecule has 3 N–H and O–H groups in total. The predicted octanol–water partition coefficient (Wildman–Crippen LogP) is 3.94. The van der Waals surface area contributed by atoms with Crippen LogP contribution in [0.25, 0.3) is 0 Å². The summed E-state index contributed by atoms with van der Waals surface area (Å²) in [6, 6.07) is 23.9. The number of benzene rings is 2. The summed E-state index contributed by atoms with van der Waals surface area (Å²) in [6.45, 7) is 1.43. The second kappa shape index (κ2) is 10.1. The van der Waals surface area contributed by atoms with E-state index < -0.39 is 0 Å². The molecule has 6 heteroatoms. The van der Waals surface area contributed by atoms with E-state index in [0.29, 0.717) is 18.7 Å². The highest BCUT2D eigenvalue weighted by Gasteiger charge is 2.25. The Morgan fingerprint density at radius 2 is 1.66 bits per heavy atom. The summed E-state index contributed by atoms with van der Waals surface area (Å²) >= 11 is 0. The minimum atomic E-state index is -0.259. The first-order valence-electron chi connectivity index (χ1n) is 11.0. The smallest absolute Gasteiger partial charge is 0.225 e. The molecule has 32 heavy (non-hydrogen) atoms. The zero-order chi connectivity index (χ0) is 22.3. The number of nitrogens with one attached hydrogen (secondary N) is 1. The molecule has 1 fully saturated rings. The Hall–Kier alpha value is -3.67. The van der Waals surface area contributed by atoms with E-state index in [0.717, 1.165) is 36.3 Å². The number of aromatic nitrogens is 1. The van der Waals surface area contributed by atoms with Crippen LogP contribution in [0.1, 0.15) is 36.3 Å². The van der Waals surface area contributed by atoms with Crippen molar-refractivity contribution in [3.05, 3.63) is 90.1 Å². The van der Waals surface area contributed by atoms with Crippen LogP contribution >= 0.6 is 0 Å². The summed E-state index contributed by atoms with van der Waals surface area (Å²) in [7, 11) is 0. The van der Waals surface area contributed by atoms with E-state index in [4.69, 9.17) is 5.73 Å². The topological polar surface area (TPSA) is 88.3 Å². The van der Waals surface area contributed by atoms with Gasteiger partial charge in [0, 0.05) is 25.4 Å². The van der Waals surface area contributed by atoms with Gasteiger partial charge in [0.25, 0.3) is 0 Å². The number of amides is 2. The number of hydrogen-bond donors (Lipinski definition) is 2. The number of hydrogen-bond acceptors (Lipinski definition) is 4. The SMILES string of the molecule is NC(=O)C1CCCN(c2ccc(NC(=O)CC(c3ccccc3)c3ccccc3)cn2)C1. The summed E-state index contributed by atoms with van der Waals surface area (Å²) in [6.07, 6.45) is 3.74. The van der Waals surface area contributed by atoms with Gasteiger partial charge in [-0.3, -0.25) is 9.59 Å². The van der Waals surface area contributed by atoms with Gasteiger partial charge in [0.05, 0.1) is 17.8 Å². The Morgan fingerprint density at radius 1 is 1.00 bits per heavy atom. The third-order valence-corrected chi connectivity index (χ3v) is 5.97. The van der Waals surface area contributed by atoms with Gasteiger partial charge >= 0.3 is 0 Å². The second-order valence-corrected chi connectivity index (χ2v) is 8.22. The van der Waals surface area contributed by atoms with Crippen LogP contribution in [-0.4, -0.2) is 29.9 Å². The lowest BCUT2D eigenvalue weighted by Crippen LogP contribution is -2.41. The Labute approximate surface area is 188 Å². The molecule has 0 spiro atoms. The van der Waals surface area contributed by atoms with Gasteiger partial charge in [-0.25, -0.2) is 4.98 Å². The molecule has 1 unspecified atom stereocenters. The molecule has 0 radical (unpaired) electrons. The largest absolute Gasteiger partial charge is 0.369 e. The van der Waals surface area contributed by atoms with E-state index >= 15 is 0 Å². The van der Waals surface area contributed by atoms with Crippen molar-refractivity contribution in [3.8, 4) is 0 Å². The molecular formula is C26H28N4O2. The van der Waals surface area contributed by atoms with E-state index in [2.05, 4.69) is 39.5 Å². The van der Waals surface area contributed by atoms with Gasteiger partial charge in [0.15, 0.2) is 0 Å². The van der Waals surface area contributed by atoms with Crippen LogP contribution in [0.5, 0.6) is 0 Å². The van der Waals surface area contributed by atoms with Crippen molar-refractivity contribution in [1.82, 2.24) is 4.98 Å². The van der Waals surface area contributed by atoms with Crippen molar-refractivity contribution < 1.29 is 9.59 Å². The molecule has 2 aromatic carbocycles. The standard InChI is InChI=1S/C26H28N4O2/c27-26(32)21-12-7-15-30(18-21)24-14-13-22(17-28-24)29-25(31)16-23(19-8-3-1-4-9-19)20-10-5-2-6-11-20/h1-6,8-11,13-14,17,21,23H,7,12,15-16,18H2,(H2,27,32)(H,29,31). The van der Waals surface area contributed by atoms with Crippen LogP contribution in [-0.2, 0) is 9.59 Å². The number of piperidine rings is 1. The zero-order valence-corrected chi connectivity index (χ0v) is 18.0. The van der Waals surface area contributed by atoms with E-state index in [1.54, 1.807) is 6.20 Å². The number of primary amides is 1. The van der Waals surface area contributed by atoms with Crippen LogP contribution in [0.4, 0.5) is 11.5 Å². The lowest BCUT2D eigenvalue weighted by molar-refractivity contribution is -0.122. The monoisotopic (exact) mass is 428 g/mol. The second-order valence-electron chi connectivity index (χ2n) is 8.22. The summed E-state index contributed by atoms with van der Waals surface area (Å²) in [5.41, 5.74) is 8.35. The maximum Gasteiger partial charge on any atom is 0.225 e. The molecule has 6 nitrogen and oxygen atoms in total. The summed E-state index contributed by atoms with van der Waals surface area (Å²) in [5.74, 6) is 0.302. The molecule has 1 aromatic heterocycles. The number of nitrogens with two attached hydrogens (primary N) is 1. The summed E-state index contributed by atoms with van der Waals surface area (Å²) < 4.78 is 0. The number of carbonyl (C=O) groups excluding carboxylic acids is 2. The molecule has 2 amide bonds. The van der Waals surface area contributed by atoms with Crippen LogP contribution in [0.3, 0.4) is 0 Å². The molecule has 164 valence electrons. The first-order valence-corrected chi connectivity index (χ1v) is 11.0. The maximum atomic E-state index is 12.9. The van der Waals surface area contributed by atoms with Crippen molar-refractivity contribution in [3.63, 3.8) is 0 Å². The zero-order valence-electron chi connectivity index (χ0n) is 18.0. The molecule has 1 aliphatic rings. The fourth-order valence-electron chi connectivity index (χ4n) is 4.26. The van der Waals surface area contributed by atoms with E-state index in [9.17, 15) is 9.59 Å². The third kappa shape index (κ3) is 5.32.